The third-order valence-electron chi connectivity index (χ3n) is 7.29. The maximum Gasteiger partial charge on any atom is 0.328 e. The molecule has 0 aromatic heterocycles. The van der Waals surface area contributed by atoms with Crippen LogP contribution in [0, 0.1) is 10.8 Å². The van der Waals surface area contributed by atoms with E-state index in [2.05, 4.69) is 41.8 Å². The molecule has 44 heavy (non-hydrogen) atoms. The van der Waals surface area contributed by atoms with Gasteiger partial charge in [-0.05, 0) is 68.8 Å². The quantitative estimate of drug-likeness (QED) is 0.141. The molecule has 0 aliphatic carbocycles. The largest absolute Gasteiger partial charge is 0.507 e. The lowest BCUT2D eigenvalue weighted by atomic mass is 9.87. The predicted molar refractivity (Wildman–Crippen MR) is 183 cm³/mol. The van der Waals surface area contributed by atoms with Gasteiger partial charge in [-0.15, -0.1) is 0 Å². The van der Waals surface area contributed by atoms with E-state index in [9.17, 15) is 30.0 Å². The van der Waals surface area contributed by atoms with Crippen LogP contribution >= 0.6 is 31.9 Å². The zero-order valence-electron chi connectivity index (χ0n) is 25.2. The van der Waals surface area contributed by atoms with E-state index in [0.717, 1.165) is 8.95 Å². The summed E-state index contributed by atoms with van der Waals surface area (Å²) in [7, 11) is 0. The van der Waals surface area contributed by atoms with Crippen molar-refractivity contribution >= 4 is 77.8 Å². The minimum atomic E-state index is -1.09. The Bertz CT molecular complexity index is 1720. The van der Waals surface area contributed by atoms with Crippen LogP contribution in [-0.2, 0) is 9.59 Å². The molecule has 8 nitrogen and oxygen atoms in total. The first-order chi connectivity index (χ1) is 20.4. The van der Waals surface area contributed by atoms with E-state index in [-0.39, 0.29) is 22.6 Å². The summed E-state index contributed by atoms with van der Waals surface area (Å²) in [5, 5.41) is 45.9. The maximum absolute atomic E-state index is 12.0. The number of hydrogen-bond acceptors (Lipinski definition) is 6. The van der Waals surface area contributed by atoms with Crippen molar-refractivity contribution in [2.45, 2.75) is 53.6 Å². The van der Waals surface area contributed by atoms with Gasteiger partial charge in [0, 0.05) is 43.6 Å². The maximum atomic E-state index is 12.0. The van der Waals surface area contributed by atoms with Crippen molar-refractivity contribution in [3.63, 3.8) is 0 Å². The van der Waals surface area contributed by atoms with Gasteiger partial charge < -0.3 is 20.4 Å². The number of rotatable bonds is 7. The number of nitrogens with zero attached hydrogens (tertiary/aromatic N) is 2. The summed E-state index contributed by atoms with van der Waals surface area (Å²) in [6.07, 6.45) is 2.70. The van der Waals surface area contributed by atoms with Crippen LogP contribution in [0.4, 0.5) is 0 Å². The third-order valence-corrected chi connectivity index (χ3v) is 8.28. The highest BCUT2D eigenvalue weighted by Gasteiger charge is 2.32. The number of halogens is 2. The van der Waals surface area contributed by atoms with Crippen LogP contribution in [-0.4, -0.2) is 56.9 Å². The summed E-state index contributed by atoms with van der Waals surface area (Å²) in [6.45, 7) is 10.6. The van der Waals surface area contributed by atoms with Crippen molar-refractivity contribution in [2.24, 2.45) is 20.8 Å². The minimum absolute atomic E-state index is 0.201. The second-order valence-electron chi connectivity index (χ2n) is 12.9. The number of aliphatic imine (C=N–C) groups is 2. The molecule has 0 aliphatic rings. The molecule has 0 aliphatic heterocycles. The third kappa shape index (κ3) is 6.81. The fourth-order valence-electron chi connectivity index (χ4n) is 5.11. The number of phenols is 2. The Morgan fingerprint density at radius 2 is 1.00 bits per heavy atom. The monoisotopic (exact) mass is 724 g/mol. The fourth-order valence-corrected chi connectivity index (χ4v) is 5.86. The van der Waals surface area contributed by atoms with Crippen LogP contribution in [0.25, 0.3) is 32.7 Å². The van der Waals surface area contributed by atoms with Gasteiger partial charge in [-0.3, -0.25) is 9.98 Å². The van der Waals surface area contributed by atoms with Gasteiger partial charge in [0.2, 0.25) is 0 Å². The van der Waals surface area contributed by atoms with Crippen LogP contribution in [0.2, 0.25) is 0 Å². The molecule has 4 aromatic rings. The summed E-state index contributed by atoms with van der Waals surface area (Å²) in [5.41, 5.74) is -0.213. The first-order valence-electron chi connectivity index (χ1n) is 13.8. The first-order valence-corrected chi connectivity index (χ1v) is 15.4. The van der Waals surface area contributed by atoms with Crippen LogP contribution in [0.1, 0.15) is 52.7 Å². The van der Waals surface area contributed by atoms with E-state index in [0.29, 0.717) is 32.7 Å². The van der Waals surface area contributed by atoms with Crippen molar-refractivity contribution in [3.05, 3.63) is 68.6 Å². The smallest absolute Gasteiger partial charge is 0.328 e. The lowest BCUT2D eigenvalue weighted by Crippen LogP contribution is -2.32. The molecule has 0 saturated heterocycles. The van der Waals surface area contributed by atoms with E-state index in [1.54, 1.807) is 53.7 Å². The molecular weight excluding hydrogens is 692 g/mol. The Labute approximate surface area is 272 Å². The molecule has 0 amide bonds. The number of carbonyl (C=O) groups is 2. The minimum Gasteiger partial charge on any atom is -0.507 e. The van der Waals surface area contributed by atoms with Crippen molar-refractivity contribution in [1.29, 1.82) is 0 Å². The molecule has 230 valence electrons. The number of phenolic OH excluding ortho intramolecular Hbond substituents is 2. The molecule has 10 heteroatoms. The average Bonchev–Trinajstić information content (AvgIpc) is 2.88. The van der Waals surface area contributed by atoms with Crippen LogP contribution in [0.5, 0.6) is 11.5 Å². The number of aliphatic carboxylic acids is 2. The van der Waals surface area contributed by atoms with Gasteiger partial charge in [0.25, 0.3) is 0 Å². The number of carboxylic acids is 2. The molecule has 0 fully saturated rings. The second-order valence-corrected chi connectivity index (χ2v) is 14.7. The van der Waals surface area contributed by atoms with E-state index in [1.807, 2.05) is 36.4 Å². The number of fused-ring (bicyclic) bond motifs is 2. The number of benzene rings is 4. The van der Waals surface area contributed by atoms with E-state index >= 15 is 0 Å². The molecule has 4 rings (SSSR count). The van der Waals surface area contributed by atoms with Crippen LogP contribution < -0.4 is 0 Å². The van der Waals surface area contributed by atoms with Gasteiger partial charge in [0.15, 0.2) is 12.1 Å². The molecule has 4 N–H and O–H groups in total. The number of hydrogen-bond donors (Lipinski definition) is 4. The Hall–Kier alpha value is -3.76. The van der Waals surface area contributed by atoms with Crippen LogP contribution in [0.15, 0.2) is 67.5 Å². The normalized spacial score (nSPS) is 14.1. The summed E-state index contributed by atoms with van der Waals surface area (Å²) in [6, 6.07) is 12.3. The number of aromatic hydroxyl groups is 2. The molecule has 4 aromatic carbocycles. The van der Waals surface area contributed by atoms with E-state index < -0.39 is 34.9 Å². The zero-order valence-corrected chi connectivity index (χ0v) is 28.4. The molecule has 0 unspecified atom stereocenters. The average molecular weight is 726 g/mol. The molecule has 0 spiro atoms. The molecule has 2 atom stereocenters. The summed E-state index contributed by atoms with van der Waals surface area (Å²) < 4.78 is 1.56. The van der Waals surface area contributed by atoms with Crippen molar-refractivity contribution < 1.29 is 30.0 Å². The molecule has 0 bridgehead atoms. The highest BCUT2D eigenvalue weighted by molar-refractivity contribution is 9.10. The Morgan fingerprint density at radius 1 is 0.659 bits per heavy atom. The number of carboxylic acid groups (broad SMARTS) is 2. The Balaban J connectivity index is 2.09. The Kier molecular flexibility index (Phi) is 9.28. The topological polar surface area (TPSA) is 140 Å². The van der Waals surface area contributed by atoms with Crippen molar-refractivity contribution in [1.82, 2.24) is 0 Å². The lowest BCUT2D eigenvalue weighted by molar-refractivity contribution is -0.141. The molecule has 0 saturated carbocycles. The van der Waals surface area contributed by atoms with E-state index in [1.165, 1.54) is 12.4 Å². The van der Waals surface area contributed by atoms with Gasteiger partial charge in [0.1, 0.15) is 11.5 Å². The highest BCUT2D eigenvalue weighted by atomic mass is 79.9. The van der Waals surface area contributed by atoms with E-state index in [4.69, 9.17) is 0 Å². The SMILES string of the molecule is CC(C)(C)[C@H](N=Cc1cc2cc(Br)ccc2c(-c2c(O)c(C=N[C@H](C(=O)O)C(C)(C)C)cc3cc(Br)ccc23)c1O)C(=O)O. The van der Waals surface area contributed by atoms with Gasteiger partial charge in [-0.2, -0.15) is 0 Å². The fraction of sp³-hybridized carbons (Fsp3) is 0.294. The van der Waals surface area contributed by atoms with Gasteiger partial charge in [0.05, 0.1) is 0 Å². The molecule has 0 heterocycles. The van der Waals surface area contributed by atoms with Gasteiger partial charge in [-0.1, -0.05) is 85.5 Å². The van der Waals surface area contributed by atoms with Crippen LogP contribution in [0.3, 0.4) is 0 Å². The Morgan fingerprint density at radius 3 is 1.30 bits per heavy atom. The molecule has 0 radical (unpaired) electrons. The van der Waals surface area contributed by atoms with Crippen molar-refractivity contribution in [3.8, 4) is 22.6 Å². The highest BCUT2D eigenvalue weighted by Crippen LogP contribution is 2.48. The predicted octanol–water partition coefficient (Wildman–Crippen LogP) is 8.43. The van der Waals surface area contributed by atoms with Gasteiger partial charge >= 0.3 is 11.9 Å². The lowest BCUT2D eigenvalue weighted by Gasteiger charge is -2.23. The summed E-state index contributed by atoms with van der Waals surface area (Å²) >= 11 is 7.01. The second kappa shape index (κ2) is 12.3. The van der Waals surface area contributed by atoms with Gasteiger partial charge in [-0.25, -0.2) is 9.59 Å². The zero-order chi connectivity index (χ0) is 32.7. The first kappa shape index (κ1) is 33.1. The summed E-state index contributed by atoms with van der Waals surface area (Å²) in [4.78, 5) is 32.7. The molecular formula is C34H34Br2N2O6. The standard InChI is InChI=1S/C34H34Br2N2O6/c1-33(2,3)29(31(41)42)37-15-19-11-17-13-21(35)7-9-23(17)25(27(19)39)26-24-10-8-22(36)14-18(24)12-20(28(26)40)16-38-30(32(43)44)34(4,5)6/h7-16,29-30,39-40H,1-6H3,(H,41,42)(H,43,44)/t29-,30-/m1/s1. The van der Waals surface area contributed by atoms with Crippen molar-refractivity contribution in [2.75, 3.05) is 0 Å². The summed E-state index contributed by atoms with van der Waals surface area (Å²) in [5.74, 6) is -2.58.